The van der Waals surface area contributed by atoms with E-state index in [2.05, 4.69) is 9.97 Å². The fraction of sp³-hybridized carbons (Fsp3) is 0.231. The summed E-state index contributed by atoms with van der Waals surface area (Å²) in [6.45, 7) is 1.39. The quantitative estimate of drug-likeness (QED) is 0.692. The summed E-state index contributed by atoms with van der Waals surface area (Å²) in [5, 5.41) is 0.0856. The molecule has 0 aliphatic rings. The van der Waals surface area contributed by atoms with Crippen molar-refractivity contribution in [2.45, 2.75) is 19.0 Å². The number of rotatable bonds is 4. The SMILES string of the molecule is Fc1cc2nc(CCl)n(CCn3ccnc3)c2cc1Cl. The highest BCUT2D eigenvalue weighted by Gasteiger charge is 2.13. The molecule has 104 valence electrons. The van der Waals surface area contributed by atoms with Crippen molar-refractivity contribution >= 4 is 34.2 Å². The number of aryl methyl sites for hydroxylation is 2. The van der Waals surface area contributed by atoms with E-state index >= 15 is 0 Å². The number of hydrogen-bond donors (Lipinski definition) is 0. The van der Waals surface area contributed by atoms with Crippen LogP contribution in [0.5, 0.6) is 0 Å². The van der Waals surface area contributed by atoms with Crippen molar-refractivity contribution in [2.24, 2.45) is 0 Å². The molecule has 0 aliphatic carbocycles. The van der Waals surface area contributed by atoms with Gasteiger partial charge in [-0.25, -0.2) is 14.4 Å². The molecular weight excluding hydrogens is 302 g/mol. The maximum absolute atomic E-state index is 13.5. The van der Waals surface area contributed by atoms with Crippen LogP contribution < -0.4 is 0 Å². The Morgan fingerprint density at radius 2 is 2.10 bits per heavy atom. The number of halogens is 3. The first-order chi connectivity index (χ1) is 9.69. The number of fused-ring (bicyclic) bond motifs is 1. The third kappa shape index (κ3) is 2.39. The number of nitrogens with zero attached hydrogens (tertiary/aromatic N) is 4. The van der Waals surface area contributed by atoms with Crippen LogP contribution in [0, 0.1) is 5.82 Å². The zero-order chi connectivity index (χ0) is 14.1. The Morgan fingerprint density at radius 1 is 1.25 bits per heavy atom. The molecule has 0 fully saturated rings. The second kappa shape index (κ2) is 5.42. The number of benzene rings is 1. The maximum atomic E-state index is 13.5. The topological polar surface area (TPSA) is 35.6 Å². The summed E-state index contributed by atoms with van der Waals surface area (Å²) in [5.74, 6) is 0.487. The van der Waals surface area contributed by atoms with Crippen LogP contribution in [-0.2, 0) is 19.0 Å². The molecule has 3 rings (SSSR count). The predicted molar refractivity (Wildman–Crippen MR) is 76.5 cm³/mol. The molecule has 7 heteroatoms. The monoisotopic (exact) mass is 312 g/mol. The lowest BCUT2D eigenvalue weighted by atomic mass is 10.3. The average molecular weight is 313 g/mol. The van der Waals surface area contributed by atoms with Crippen LogP contribution in [0.2, 0.25) is 5.02 Å². The van der Waals surface area contributed by atoms with Gasteiger partial charge in [0.05, 0.1) is 28.3 Å². The Hall–Kier alpha value is -1.59. The molecule has 2 heterocycles. The summed E-state index contributed by atoms with van der Waals surface area (Å²) in [7, 11) is 0. The first-order valence-corrected chi connectivity index (χ1v) is 6.96. The normalized spacial score (nSPS) is 11.3. The molecule has 4 nitrogen and oxygen atoms in total. The Kier molecular flexibility index (Phi) is 3.63. The van der Waals surface area contributed by atoms with Crippen molar-refractivity contribution in [3.8, 4) is 0 Å². The van der Waals surface area contributed by atoms with Crippen LogP contribution >= 0.6 is 23.2 Å². The molecule has 0 N–H and O–H groups in total. The summed E-state index contributed by atoms with van der Waals surface area (Å²) < 4.78 is 17.4. The van der Waals surface area contributed by atoms with Gasteiger partial charge in [0, 0.05) is 31.5 Å². The van der Waals surface area contributed by atoms with Crippen LogP contribution in [0.25, 0.3) is 11.0 Å². The summed E-state index contributed by atoms with van der Waals surface area (Å²) in [4.78, 5) is 8.33. The molecule has 0 unspecified atom stereocenters. The van der Waals surface area contributed by atoms with E-state index in [9.17, 15) is 4.39 Å². The van der Waals surface area contributed by atoms with Gasteiger partial charge >= 0.3 is 0 Å². The minimum Gasteiger partial charge on any atom is -0.336 e. The Balaban J connectivity index is 2.01. The lowest BCUT2D eigenvalue weighted by molar-refractivity contribution is 0.576. The van der Waals surface area contributed by atoms with Crippen molar-refractivity contribution in [1.82, 2.24) is 19.1 Å². The van der Waals surface area contributed by atoms with Gasteiger partial charge in [-0.3, -0.25) is 0 Å². The minimum absolute atomic E-state index is 0.0856. The smallest absolute Gasteiger partial charge is 0.144 e. The summed E-state index contributed by atoms with van der Waals surface area (Å²) in [6.07, 6.45) is 5.35. The largest absolute Gasteiger partial charge is 0.336 e. The third-order valence-electron chi connectivity index (χ3n) is 3.13. The average Bonchev–Trinajstić information content (AvgIpc) is 3.05. The summed E-state index contributed by atoms with van der Waals surface area (Å²) in [5.41, 5.74) is 1.35. The Bertz CT molecular complexity index is 736. The molecule has 20 heavy (non-hydrogen) atoms. The second-order valence-corrected chi connectivity index (χ2v) is 5.04. The number of imidazole rings is 2. The van der Waals surface area contributed by atoms with E-state index in [0.717, 1.165) is 12.1 Å². The Labute approximate surface area is 124 Å². The van der Waals surface area contributed by atoms with E-state index in [1.54, 1.807) is 18.6 Å². The number of hydrogen-bond acceptors (Lipinski definition) is 2. The van der Waals surface area contributed by atoms with Gasteiger partial charge in [0.25, 0.3) is 0 Å². The van der Waals surface area contributed by atoms with Gasteiger partial charge in [0.15, 0.2) is 0 Å². The van der Waals surface area contributed by atoms with Crippen LogP contribution in [-0.4, -0.2) is 19.1 Å². The van der Waals surface area contributed by atoms with Crippen LogP contribution in [0.4, 0.5) is 4.39 Å². The third-order valence-corrected chi connectivity index (χ3v) is 3.66. The summed E-state index contributed by atoms with van der Waals surface area (Å²) in [6, 6.07) is 2.92. The zero-order valence-corrected chi connectivity index (χ0v) is 11.9. The van der Waals surface area contributed by atoms with E-state index in [1.165, 1.54) is 6.07 Å². The molecule has 1 aromatic carbocycles. The first kappa shape index (κ1) is 13.4. The molecule has 0 radical (unpaired) electrons. The maximum Gasteiger partial charge on any atom is 0.144 e. The molecule has 3 aromatic rings. The van der Waals surface area contributed by atoms with Crippen molar-refractivity contribution < 1.29 is 4.39 Å². The molecular formula is C13H11Cl2FN4. The van der Waals surface area contributed by atoms with E-state index in [1.807, 2.05) is 15.3 Å². The van der Waals surface area contributed by atoms with E-state index in [4.69, 9.17) is 23.2 Å². The van der Waals surface area contributed by atoms with Gasteiger partial charge in [-0.1, -0.05) is 11.6 Å². The van der Waals surface area contributed by atoms with Gasteiger partial charge in [-0.2, -0.15) is 0 Å². The molecule has 0 atom stereocenters. The molecule has 0 spiro atoms. The van der Waals surface area contributed by atoms with Crippen molar-refractivity contribution in [3.05, 3.63) is 47.5 Å². The van der Waals surface area contributed by atoms with E-state index in [0.29, 0.717) is 17.9 Å². The summed E-state index contributed by atoms with van der Waals surface area (Å²) >= 11 is 11.8. The standard InChI is InChI=1S/C13H11Cl2FN4/c14-7-13-18-11-6-10(16)9(15)5-12(11)20(13)4-3-19-2-1-17-8-19/h1-2,5-6,8H,3-4,7H2. The highest BCUT2D eigenvalue weighted by Crippen LogP contribution is 2.24. The molecule has 0 bridgehead atoms. The van der Waals surface area contributed by atoms with Gasteiger partial charge in [0.2, 0.25) is 0 Å². The highest BCUT2D eigenvalue weighted by atomic mass is 35.5. The van der Waals surface area contributed by atoms with E-state index < -0.39 is 5.82 Å². The van der Waals surface area contributed by atoms with Gasteiger partial charge in [0.1, 0.15) is 11.6 Å². The predicted octanol–water partition coefficient (Wildman–Crippen LogP) is 3.46. The fourth-order valence-corrected chi connectivity index (χ4v) is 2.52. The highest BCUT2D eigenvalue weighted by molar-refractivity contribution is 6.31. The minimum atomic E-state index is -0.473. The fourth-order valence-electron chi connectivity index (χ4n) is 2.16. The number of aromatic nitrogens is 4. The van der Waals surface area contributed by atoms with Crippen LogP contribution in [0.1, 0.15) is 5.82 Å². The molecule has 0 saturated heterocycles. The van der Waals surface area contributed by atoms with Gasteiger partial charge in [-0.15, -0.1) is 11.6 Å². The van der Waals surface area contributed by atoms with Crippen LogP contribution in [0.3, 0.4) is 0 Å². The molecule has 0 aliphatic heterocycles. The Morgan fingerprint density at radius 3 is 2.80 bits per heavy atom. The van der Waals surface area contributed by atoms with Crippen molar-refractivity contribution in [3.63, 3.8) is 0 Å². The number of alkyl halides is 1. The zero-order valence-electron chi connectivity index (χ0n) is 10.4. The van der Waals surface area contributed by atoms with Crippen molar-refractivity contribution in [1.29, 1.82) is 0 Å². The van der Waals surface area contributed by atoms with Crippen LogP contribution in [0.15, 0.2) is 30.9 Å². The first-order valence-electron chi connectivity index (χ1n) is 6.05. The molecule has 0 saturated carbocycles. The van der Waals surface area contributed by atoms with Gasteiger partial charge in [-0.05, 0) is 6.07 Å². The lowest BCUT2D eigenvalue weighted by Crippen LogP contribution is -2.08. The van der Waals surface area contributed by atoms with Crippen molar-refractivity contribution in [2.75, 3.05) is 0 Å². The van der Waals surface area contributed by atoms with Gasteiger partial charge < -0.3 is 9.13 Å². The molecule has 0 amide bonds. The molecule has 2 aromatic heterocycles. The second-order valence-electron chi connectivity index (χ2n) is 4.37. The van der Waals surface area contributed by atoms with E-state index in [-0.39, 0.29) is 10.9 Å². The lowest BCUT2D eigenvalue weighted by Gasteiger charge is -2.08.